The van der Waals surface area contributed by atoms with Crippen LogP contribution in [0.25, 0.3) is 0 Å². The summed E-state index contributed by atoms with van der Waals surface area (Å²) in [7, 11) is 0. The zero-order valence-electron chi connectivity index (χ0n) is 8.17. The Kier molecular flexibility index (Phi) is 2.99. The van der Waals surface area contributed by atoms with Crippen LogP contribution in [0.2, 0.25) is 0 Å². The molecule has 14 heavy (non-hydrogen) atoms. The molecule has 1 aliphatic heterocycles. The van der Waals surface area contributed by atoms with Crippen molar-refractivity contribution in [3.05, 3.63) is 30.1 Å². The lowest BCUT2D eigenvalue weighted by molar-refractivity contribution is 0.627. The van der Waals surface area contributed by atoms with E-state index in [2.05, 4.69) is 10.2 Å². The van der Waals surface area contributed by atoms with E-state index in [4.69, 9.17) is 0 Å². The van der Waals surface area contributed by atoms with Crippen molar-refractivity contribution >= 4 is 5.69 Å². The van der Waals surface area contributed by atoms with E-state index in [-0.39, 0.29) is 5.82 Å². The molecule has 1 fully saturated rings. The molecule has 0 bridgehead atoms. The smallest absolute Gasteiger partial charge is 0.123 e. The van der Waals surface area contributed by atoms with Crippen LogP contribution >= 0.6 is 0 Å². The van der Waals surface area contributed by atoms with Gasteiger partial charge in [-0.15, -0.1) is 0 Å². The third-order valence-electron chi connectivity index (χ3n) is 2.53. The number of halogens is 1. The van der Waals surface area contributed by atoms with Crippen LogP contribution in [0.15, 0.2) is 24.3 Å². The van der Waals surface area contributed by atoms with E-state index >= 15 is 0 Å². The summed E-state index contributed by atoms with van der Waals surface area (Å²) in [4.78, 5) is 2.29. The lowest BCUT2D eigenvalue weighted by atomic mass is 10.2. The summed E-state index contributed by atoms with van der Waals surface area (Å²) < 4.78 is 12.7. The van der Waals surface area contributed by atoms with E-state index in [1.54, 1.807) is 0 Å². The van der Waals surface area contributed by atoms with E-state index < -0.39 is 0 Å². The number of nitrogens with zero attached hydrogens (tertiary/aromatic N) is 1. The average molecular weight is 194 g/mol. The van der Waals surface area contributed by atoms with Crippen LogP contribution in [-0.4, -0.2) is 26.2 Å². The monoisotopic (exact) mass is 194 g/mol. The van der Waals surface area contributed by atoms with Crippen molar-refractivity contribution in [2.45, 2.75) is 6.42 Å². The second kappa shape index (κ2) is 4.42. The summed E-state index contributed by atoms with van der Waals surface area (Å²) in [5, 5.41) is 3.34. The standard InChI is InChI=1S/C11H15FN2/c12-10-2-4-11(5-3-10)14-8-1-6-13-7-9-14/h2-5,13H,1,6-9H2. The van der Waals surface area contributed by atoms with Gasteiger partial charge in [0.05, 0.1) is 0 Å². The second-order valence-electron chi connectivity index (χ2n) is 3.57. The molecule has 0 aliphatic carbocycles. The zero-order chi connectivity index (χ0) is 9.80. The fraction of sp³-hybridized carbons (Fsp3) is 0.455. The molecule has 2 nitrogen and oxygen atoms in total. The summed E-state index contributed by atoms with van der Waals surface area (Å²) in [6, 6.07) is 6.74. The molecule has 0 aromatic heterocycles. The molecule has 0 atom stereocenters. The SMILES string of the molecule is Fc1ccc(N2CCCNCC2)cc1. The van der Waals surface area contributed by atoms with Crippen molar-refractivity contribution in [3.8, 4) is 0 Å². The van der Waals surface area contributed by atoms with Crippen molar-refractivity contribution in [2.24, 2.45) is 0 Å². The van der Waals surface area contributed by atoms with Gasteiger partial charge >= 0.3 is 0 Å². The summed E-state index contributed by atoms with van der Waals surface area (Å²) in [5.41, 5.74) is 1.12. The normalized spacial score (nSPS) is 17.9. The Labute approximate surface area is 83.7 Å². The summed E-state index contributed by atoms with van der Waals surface area (Å²) >= 11 is 0. The third-order valence-corrected chi connectivity index (χ3v) is 2.53. The molecule has 0 saturated carbocycles. The molecule has 3 heteroatoms. The van der Waals surface area contributed by atoms with Crippen molar-refractivity contribution < 1.29 is 4.39 Å². The van der Waals surface area contributed by atoms with E-state index in [1.165, 1.54) is 12.1 Å². The van der Waals surface area contributed by atoms with E-state index in [0.717, 1.165) is 38.3 Å². The molecule has 0 spiro atoms. The molecule has 1 aromatic rings. The van der Waals surface area contributed by atoms with Crippen molar-refractivity contribution in [1.82, 2.24) is 5.32 Å². The Hall–Kier alpha value is -1.09. The van der Waals surface area contributed by atoms with Gasteiger partial charge in [-0.05, 0) is 37.2 Å². The Balaban J connectivity index is 2.08. The molecule has 0 amide bonds. The van der Waals surface area contributed by atoms with Gasteiger partial charge in [0.15, 0.2) is 0 Å². The van der Waals surface area contributed by atoms with E-state index in [0.29, 0.717) is 0 Å². The maximum Gasteiger partial charge on any atom is 0.123 e. The first-order valence-corrected chi connectivity index (χ1v) is 5.07. The molecule has 1 heterocycles. The number of nitrogens with one attached hydrogen (secondary N) is 1. The van der Waals surface area contributed by atoms with Crippen molar-refractivity contribution in [3.63, 3.8) is 0 Å². The quantitative estimate of drug-likeness (QED) is 0.731. The lowest BCUT2D eigenvalue weighted by Crippen LogP contribution is -2.27. The molecule has 1 saturated heterocycles. The van der Waals surface area contributed by atoms with Crippen LogP contribution in [0, 0.1) is 5.82 Å². The highest BCUT2D eigenvalue weighted by Gasteiger charge is 2.08. The first-order chi connectivity index (χ1) is 6.86. The second-order valence-corrected chi connectivity index (χ2v) is 3.57. The van der Waals surface area contributed by atoms with E-state index in [9.17, 15) is 4.39 Å². The van der Waals surface area contributed by atoms with Gasteiger partial charge in [0.1, 0.15) is 5.82 Å². The molecule has 0 radical (unpaired) electrons. The highest BCUT2D eigenvalue weighted by Crippen LogP contribution is 2.15. The number of benzene rings is 1. The van der Waals surface area contributed by atoms with Gasteiger partial charge in [-0.3, -0.25) is 0 Å². The van der Waals surface area contributed by atoms with Crippen LogP contribution in [0.3, 0.4) is 0 Å². The molecule has 76 valence electrons. The first kappa shape index (κ1) is 9.46. The van der Waals surface area contributed by atoms with Crippen LogP contribution in [-0.2, 0) is 0 Å². The van der Waals surface area contributed by atoms with Crippen LogP contribution in [0.1, 0.15) is 6.42 Å². The molecule has 0 unspecified atom stereocenters. The zero-order valence-corrected chi connectivity index (χ0v) is 8.17. The molecule has 2 rings (SSSR count). The number of anilines is 1. The Bertz CT molecular complexity index is 276. The number of hydrogen-bond donors (Lipinski definition) is 1. The van der Waals surface area contributed by atoms with Gasteiger partial charge in [-0.25, -0.2) is 4.39 Å². The topological polar surface area (TPSA) is 15.3 Å². The first-order valence-electron chi connectivity index (χ1n) is 5.07. The van der Waals surface area contributed by atoms with Gasteiger partial charge in [-0.2, -0.15) is 0 Å². The van der Waals surface area contributed by atoms with Gasteiger partial charge in [0, 0.05) is 25.3 Å². The van der Waals surface area contributed by atoms with Crippen molar-refractivity contribution in [1.29, 1.82) is 0 Å². The maximum atomic E-state index is 12.7. The summed E-state index contributed by atoms with van der Waals surface area (Å²) in [6.07, 6.45) is 1.15. The largest absolute Gasteiger partial charge is 0.370 e. The lowest BCUT2D eigenvalue weighted by Gasteiger charge is -2.21. The van der Waals surface area contributed by atoms with Gasteiger partial charge < -0.3 is 10.2 Å². The fourth-order valence-corrected chi connectivity index (χ4v) is 1.76. The Morgan fingerprint density at radius 2 is 1.86 bits per heavy atom. The van der Waals surface area contributed by atoms with Crippen LogP contribution < -0.4 is 10.2 Å². The molecule has 1 N–H and O–H groups in total. The minimum atomic E-state index is -0.165. The highest BCUT2D eigenvalue weighted by molar-refractivity contribution is 5.46. The molecule has 1 aliphatic rings. The molecular formula is C11H15FN2. The van der Waals surface area contributed by atoms with Gasteiger partial charge in [0.2, 0.25) is 0 Å². The van der Waals surface area contributed by atoms with Gasteiger partial charge in [0.25, 0.3) is 0 Å². The highest BCUT2D eigenvalue weighted by atomic mass is 19.1. The summed E-state index contributed by atoms with van der Waals surface area (Å²) in [6.45, 7) is 4.15. The minimum absolute atomic E-state index is 0.165. The Morgan fingerprint density at radius 1 is 1.07 bits per heavy atom. The number of rotatable bonds is 1. The Morgan fingerprint density at radius 3 is 2.64 bits per heavy atom. The maximum absolute atomic E-state index is 12.7. The fourth-order valence-electron chi connectivity index (χ4n) is 1.76. The average Bonchev–Trinajstić information content (AvgIpc) is 2.47. The van der Waals surface area contributed by atoms with E-state index in [1.807, 2.05) is 12.1 Å². The molecule has 1 aromatic carbocycles. The van der Waals surface area contributed by atoms with Crippen molar-refractivity contribution in [2.75, 3.05) is 31.1 Å². The van der Waals surface area contributed by atoms with Crippen LogP contribution in [0.4, 0.5) is 10.1 Å². The number of hydrogen-bond acceptors (Lipinski definition) is 2. The predicted molar refractivity (Wildman–Crippen MR) is 56.1 cm³/mol. The minimum Gasteiger partial charge on any atom is -0.370 e. The predicted octanol–water partition coefficient (Wildman–Crippen LogP) is 1.63. The third kappa shape index (κ3) is 2.23. The molecular weight excluding hydrogens is 179 g/mol. The summed E-state index contributed by atoms with van der Waals surface area (Å²) in [5.74, 6) is -0.165. The van der Waals surface area contributed by atoms with Gasteiger partial charge in [-0.1, -0.05) is 0 Å². The van der Waals surface area contributed by atoms with Crippen LogP contribution in [0.5, 0.6) is 0 Å².